The lowest BCUT2D eigenvalue weighted by Gasteiger charge is -2.27. The van der Waals surface area contributed by atoms with Crippen LogP contribution < -0.4 is 10.1 Å². The van der Waals surface area contributed by atoms with Gasteiger partial charge in [-0.1, -0.05) is 38.7 Å². The quantitative estimate of drug-likeness (QED) is 0.746. The molecule has 6 heteroatoms. The van der Waals surface area contributed by atoms with E-state index in [2.05, 4.69) is 10.3 Å². The summed E-state index contributed by atoms with van der Waals surface area (Å²) in [5.41, 5.74) is 0.865. The van der Waals surface area contributed by atoms with E-state index in [0.29, 0.717) is 38.0 Å². The average Bonchev–Trinajstić information content (AvgIpc) is 2.90. The van der Waals surface area contributed by atoms with E-state index in [-0.39, 0.29) is 17.7 Å². The lowest BCUT2D eigenvalue weighted by atomic mass is 10.1. The third kappa shape index (κ3) is 5.21. The molecule has 1 N–H and O–H groups in total. The van der Waals surface area contributed by atoms with Gasteiger partial charge in [-0.25, -0.2) is 4.98 Å². The fourth-order valence-electron chi connectivity index (χ4n) is 4.04. The van der Waals surface area contributed by atoms with Crippen molar-refractivity contribution in [1.82, 2.24) is 15.2 Å². The molecular formula is C21H31N3O3. The van der Waals surface area contributed by atoms with Crippen molar-refractivity contribution in [2.45, 2.75) is 70.9 Å². The number of carbonyl (C=O) groups excluding carboxylic acids is 2. The Hall–Kier alpha value is -2.11. The molecule has 1 aliphatic carbocycles. The normalized spacial score (nSPS) is 21.1. The van der Waals surface area contributed by atoms with Crippen LogP contribution in [0.5, 0.6) is 5.88 Å². The molecule has 1 saturated heterocycles. The van der Waals surface area contributed by atoms with Gasteiger partial charge in [-0.3, -0.25) is 9.59 Å². The van der Waals surface area contributed by atoms with Crippen LogP contribution in [-0.2, 0) is 16.1 Å². The Morgan fingerprint density at radius 1 is 1.30 bits per heavy atom. The number of carbonyl (C=O) groups is 2. The first-order chi connectivity index (χ1) is 13.2. The zero-order chi connectivity index (χ0) is 19.1. The molecule has 2 heterocycles. The third-order valence-corrected chi connectivity index (χ3v) is 5.54. The second-order valence-electron chi connectivity index (χ2n) is 7.63. The molecule has 1 saturated carbocycles. The molecule has 3 rings (SSSR count). The molecule has 1 aromatic heterocycles. The van der Waals surface area contributed by atoms with Crippen LogP contribution in [0.15, 0.2) is 18.3 Å². The van der Waals surface area contributed by atoms with Crippen LogP contribution >= 0.6 is 0 Å². The zero-order valence-electron chi connectivity index (χ0n) is 16.3. The number of hydrogen-bond donors (Lipinski definition) is 1. The standard InChI is InChI=1S/C21H31N3O3/c1-2-12-27-21-16(8-7-11-22-21)14-23-20(26)17-13-19(25)24(15-17)18-9-5-3-4-6-10-18/h7-8,11,17-18H,2-6,9-10,12-15H2,1H3,(H,23,26). The predicted octanol–water partition coefficient (Wildman–Crippen LogP) is 3.06. The summed E-state index contributed by atoms with van der Waals surface area (Å²) in [6, 6.07) is 4.08. The maximum atomic E-state index is 12.6. The van der Waals surface area contributed by atoms with Gasteiger partial charge in [-0.15, -0.1) is 0 Å². The van der Waals surface area contributed by atoms with E-state index in [0.717, 1.165) is 24.8 Å². The van der Waals surface area contributed by atoms with Gasteiger partial charge in [0.25, 0.3) is 0 Å². The van der Waals surface area contributed by atoms with E-state index in [1.807, 2.05) is 24.0 Å². The van der Waals surface area contributed by atoms with E-state index in [1.165, 1.54) is 25.7 Å². The largest absolute Gasteiger partial charge is 0.477 e. The van der Waals surface area contributed by atoms with Gasteiger partial charge in [-0.2, -0.15) is 0 Å². The number of likely N-dealkylation sites (tertiary alicyclic amines) is 1. The summed E-state index contributed by atoms with van der Waals surface area (Å²) in [5, 5.41) is 2.98. The maximum Gasteiger partial charge on any atom is 0.225 e. The Morgan fingerprint density at radius 3 is 2.81 bits per heavy atom. The highest BCUT2D eigenvalue weighted by atomic mass is 16.5. The molecular weight excluding hydrogens is 342 g/mol. The molecule has 1 aromatic rings. The van der Waals surface area contributed by atoms with Crippen LogP contribution in [-0.4, -0.2) is 40.9 Å². The van der Waals surface area contributed by atoms with Crippen LogP contribution in [0.25, 0.3) is 0 Å². The first-order valence-electron chi connectivity index (χ1n) is 10.3. The van der Waals surface area contributed by atoms with E-state index in [4.69, 9.17) is 4.74 Å². The Kier molecular flexibility index (Phi) is 7.07. The van der Waals surface area contributed by atoms with Crippen LogP contribution in [0.3, 0.4) is 0 Å². The second-order valence-corrected chi connectivity index (χ2v) is 7.63. The molecule has 0 bridgehead atoms. The highest BCUT2D eigenvalue weighted by Gasteiger charge is 2.37. The minimum Gasteiger partial charge on any atom is -0.477 e. The molecule has 2 amide bonds. The number of ether oxygens (including phenoxy) is 1. The smallest absolute Gasteiger partial charge is 0.225 e. The Labute approximate surface area is 161 Å². The number of nitrogens with zero attached hydrogens (tertiary/aromatic N) is 2. The highest BCUT2D eigenvalue weighted by molar-refractivity contribution is 5.89. The number of hydrogen-bond acceptors (Lipinski definition) is 4. The lowest BCUT2D eigenvalue weighted by molar-refractivity contribution is -0.130. The topological polar surface area (TPSA) is 71.5 Å². The molecule has 27 heavy (non-hydrogen) atoms. The van der Waals surface area contributed by atoms with Crippen LogP contribution in [0.1, 0.15) is 63.9 Å². The van der Waals surface area contributed by atoms with E-state index in [9.17, 15) is 9.59 Å². The first-order valence-corrected chi connectivity index (χ1v) is 10.3. The minimum atomic E-state index is -0.252. The summed E-state index contributed by atoms with van der Waals surface area (Å²) >= 11 is 0. The predicted molar refractivity (Wildman–Crippen MR) is 103 cm³/mol. The van der Waals surface area contributed by atoms with Crippen molar-refractivity contribution in [1.29, 1.82) is 0 Å². The van der Waals surface area contributed by atoms with Crippen molar-refractivity contribution < 1.29 is 14.3 Å². The molecule has 148 valence electrons. The summed E-state index contributed by atoms with van der Waals surface area (Å²) in [4.78, 5) is 31.3. The maximum absolute atomic E-state index is 12.6. The molecule has 0 spiro atoms. The number of aromatic nitrogens is 1. The van der Waals surface area contributed by atoms with Gasteiger partial charge < -0.3 is 15.0 Å². The number of amides is 2. The Bertz CT molecular complexity index is 641. The monoisotopic (exact) mass is 373 g/mol. The van der Waals surface area contributed by atoms with Gasteiger partial charge in [0.15, 0.2) is 0 Å². The fourth-order valence-corrected chi connectivity index (χ4v) is 4.04. The number of rotatable bonds is 7. The van der Waals surface area contributed by atoms with E-state index >= 15 is 0 Å². The molecule has 6 nitrogen and oxygen atoms in total. The Morgan fingerprint density at radius 2 is 2.07 bits per heavy atom. The molecule has 2 fully saturated rings. The van der Waals surface area contributed by atoms with Gasteiger partial charge >= 0.3 is 0 Å². The van der Waals surface area contributed by atoms with Crippen molar-refractivity contribution in [3.63, 3.8) is 0 Å². The summed E-state index contributed by atoms with van der Waals surface area (Å²) in [7, 11) is 0. The van der Waals surface area contributed by atoms with Crippen molar-refractivity contribution in [3.05, 3.63) is 23.9 Å². The summed E-state index contributed by atoms with van der Waals surface area (Å²) in [6.45, 7) is 3.58. The summed E-state index contributed by atoms with van der Waals surface area (Å²) in [6.07, 6.45) is 9.97. The molecule has 0 radical (unpaired) electrons. The van der Waals surface area contributed by atoms with Gasteiger partial charge in [0.05, 0.1) is 12.5 Å². The molecule has 1 atom stereocenters. The van der Waals surface area contributed by atoms with Crippen LogP contribution in [0.4, 0.5) is 0 Å². The average molecular weight is 373 g/mol. The van der Waals surface area contributed by atoms with Crippen molar-refractivity contribution in [2.24, 2.45) is 5.92 Å². The van der Waals surface area contributed by atoms with Crippen molar-refractivity contribution >= 4 is 11.8 Å². The van der Waals surface area contributed by atoms with E-state index < -0.39 is 0 Å². The fraction of sp³-hybridized carbons (Fsp3) is 0.667. The lowest BCUT2D eigenvalue weighted by Crippen LogP contribution is -2.38. The number of nitrogens with one attached hydrogen (secondary N) is 1. The van der Waals surface area contributed by atoms with Crippen LogP contribution in [0.2, 0.25) is 0 Å². The van der Waals surface area contributed by atoms with Crippen molar-refractivity contribution in [2.75, 3.05) is 13.2 Å². The molecule has 2 aliphatic rings. The van der Waals surface area contributed by atoms with Gasteiger partial charge in [0.1, 0.15) is 0 Å². The minimum absolute atomic E-state index is 0.0511. The molecule has 0 aromatic carbocycles. The van der Waals surface area contributed by atoms with Gasteiger partial charge in [-0.05, 0) is 25.3 Å². The second kappa shape index (κ2) is 9.72. The first kappa shape index (κ1) is 19.6. The van der Waals surface area contributed by atoms with Crippen LogP contribution in [0, 0.1) is 5.92 Å². The van der Waals surface area contributed by atoms with Gasteiger partial charge in [0.2, 0.25) is 17.7 Å². The molecule has 1 aliphatic heterocycles. The highest BCUT2D eigenvalue weighted by Crippen LogP contribution is 2.28. The van der Waals surface area contributed by atoms with Gasteiger partial charge in [0, 0.05) is 37.3 Å². The third-order valence-electron chi connectivity index (χ3n) is 5.54. The SMILES string of the molecule is CCCOc1ncccc1CNC(=O)C1CC(=O)N(C2CCCCCC2)C1. The van der Waals surface area contributed by atoms with Crippen molar-refractivity contribution in [3.8, 4) is 5.88 Å². The summed E-state index contributed by atoms with van der Waals surface area (Å²) in [5.74, 6) is 0.403. The molecule has 1 unspecified atom stereocenters. The zero-order valence-corrected chi connectivity index (χ0v) is 16.3. The number of pyridine rings is 1. The van der Waals surface area contributed by atoms with E-state index in [1.54, 1.807) is 6.20 Å². The Balaban J connectivity index is 1.54. The summed E-state index contributed by atoms with van der Waals surface area (Å²) < 4.78 is 5.64.